The molecule has 0 amide bonds. The molecule has 2 aromatic carbocycles. The molecule has 0 fully saturated rings. The van der Waals surface area contributed by atoms with Crippen molar-refractivity contribution in [2.24, 2.45) is 0 Å². The highest BCUT2D eigenvalue weighted by Crippen LogP contribution is 2.33. The largest absolute Gasteiger partial charge is 0.618 e. The molecule has 6 rings (SSSR count). The Balaban J connectivity index is 1.41. The maximum absolute atomic E-state index is 14.8. The number of halogens is 2. The topological polar surface area (TPSA) is 137 Å². The number of aromatic nitrogens is 7. The van der Waals surface area contributed by atoms with Crippen LogP contribution in [0.5, 0.6) is 0 Å². The number of nitrogens with zero attached hydrogens (tertiary/aromatic N) is 6. The third kappa shape index (κ3) is 5.17. The van der Waals surface area contributed by atoms with Crippen LogP contribution in [0.25, 0.3) is 28.1 Å². The Morgan fingerprint density at radius 1 is 1.17 bits per heavy atom. The maximum Gasteiger partial charge on any atom is 0.348 e. The molecule has 6 aromatic rings. The van der Waals surface area contributed by atoms with Crippen molar-refractivity contribution in [3.63, 3.8) is 0 Å². The molecule has 0 radical (unpaired) electrons. The fourth-order valence-electron chi connectivity index (χ4n) is 4.64. The summed E-state index contributed by atoms with van der Waals surface area (Å²) >= 11 is 7.08. The Hall–Kier alpha value is -4.94. The highest BCUT2D eigenvalue weighted by Gasteiger charge is 2.28. The first-order valence-electron chi connectivity index (χ1n) is 12.3. The summed E-state index contributed by atoms with van der Waals surface area (Å²) in [5.74, 6) is -2.28. The number of carbonyl (C=O) groups is 1. The van der Waals surface area contributed by atoms with Crippen molar-refractivity contribution < 1.29 is 19.0 Å². The van der Waals surface area contributed by atoms with Crippen LogP contribution in [0.2, 0.25) is 5.02 Å². The Labute approximate surface area is 240 Å². The Bertz CT molecular complexity index is 1860. The van der Waals surface area contributed by atoms with Gasteiger partial charge < -0.3 is 15.3 Å². The number of benzene rings is 2. The number of hydrogen-bond donors (Lipinski definition) is 2. The first-order valence-corrected chi connectivity index (χ1v) is 13.5. The van der Waals surface area contributed by atoms with Gasteiger partial charge in [-0.15, -0.1) is 16.4 Å². The molecule has 1 unspecified atom stereocenters. The number of hydrogen-bond acceptors (Lipinski definition) is 7. The van der Waals surface area contributed by atoms with E-state index in [1.165, 1.54) is 28.8 Å². The highest BCUT2D eigenvalue weighted by molar-refractivity contribution is 7.12. The van der Waals surface area contributed by atoms with E-state index in [9.17, 15) is 19.5 Å². The molecule has 4 heterocycles. The molecule has 0 aliphatic rings. The predicted molar refractivity (Wildman–Crippen MR) is 149 cm³/mol. The third-order valence-corrected chi connectivity index (χ3v) is 7.76. The van der Waals surface area contributed by atoms with Gasteiger partial charge in [0, 0.05) is 39.4 Å². The second-order valence-electron chi connectivity index (χ2n) is 9.10. The van der Waals surface area contributed by atoms with Gasteiger partial charge in [-0.05, 0) is 46.7 Å². The molecule has 0 spiro atoms. The van der Waals surface area contributed by atoms with Crippen LogP contribution >= 0.6 is 22.9 Å². The number of aromatic carboxylic acids is 1. The normalized spacial score (nSPS) is 12.0. The Morgan fingerprint density at radius 2 is 2.00 bits per heavy atom. The van der Waals surface area contributed by atoms with E-state index in [0.29, 0.717) is 39.8 Å². The summed E-state index contributed by atoms with van der Waals surface area (Å²) in [6.45, 7) is 0. The number of tetrazole rings is 1. The van der Waals surface area contributed by atoms with Crippen LogP contribution in [0.1, 0.15) is 32.7 Å². The minimum absolute atomic E-state index is 0.0785. The predicted octanol–water partition coefficient (Wildman–Crippen LogP) is 5.28. The molecule has 2 N–H and O–H groups in total. The van der Waals surface area contributed by atoms with Crippen molar-refractivity contribution in [2.45, 2.75) is 12.3 Å². The number of pyridine rings is 1. The molecule has 204 valence electrons. The van der Waals surface area contributed by atoms with Gasteiger partial charge in [0.1, 0.15) is 22.9 Å². The fourth-order valence-corrected chi connectivity index (χ4v) is 5.58. The fraction of sp³-hybridized carbons (Fsp3) is 0.0714. The SMILES string of the molecule is O=C(O)c1scc(-c2c[nH]c(C(Cc3ccccc3)c3ccc(-c4cc(Cl)ccc4-n4cnnn4)c[n+]3[O-])n2)c1F. The summed E-state index contributed by atoms with van der Waals surface area (Å²) < 4.78 is 17.0. The molecule has 10 nitrogen and oxygen atoms in total. The van der Waals surface area contributed by atoms with Crippen LogP contribution in [-0.4, -0.2) is 41.3 Å². The molecular weight excluding hydrogens is 569 g/mol. The zero-order chi connectivity index (χ0) is 28.5. The maximum atomic E-state index is 14.8. The molecule has 41 heavy (non-hydrogen) atoms. The Kier molecular flexibility index (Phi) is 7.00. The van der Waals surface area contributed by atoms with E-state index in [1.807, 2.05) is 36.4 Å². The molecule has 0 bridgehead atoms. The molecule has 13 heteroatoms. The van der Waals surface area contributed by atoms with Gasteiger partial charge in [-0.2, -0.15) is 9.41 Å². The minimum atomic E-state index is -1.34. The number of H-pyrrole nitrogens is 1. The highest BCUT2D eigenvalue weighted by atomic mass is 35.5. The van der Waals surface area contributed by atoms with Gasteiger partial charge in [0.05, 0.1) is 11.4 Å². The molecule has 0 aliphatic carbocycles. The Morgan fingerprint density at radius 3 is 2.71 bits per heavy atom. The van der Waals surface area contributed by atoms with Gasteiger partial charge in [-0.1, -0.05) is 41.9 Å². The van der Waals surface area contributed by atoms with E-state index in [0.717, 1.165) is 21.6 Å². The van der Waals surface area contributed by atoms with E-state index >= 15 is 0 Å². The first-order chi connectivity index (χ1) is 19.9. The van der Waals surface area contributed by atoms with Crippen LogP contribution < -0.4 is 4.73 Å². The lowest BCUT2D eigenvalue weighted by Gasteiger charge is -2.16. The van der Waals surface area contributed by atoms with Gasteiger partial charge >= 0.3 is 5.97 Å². The van der Waals surface area contributed by atoms with E-state index in [-0.39, 0.29) is 16.1 Å². The van der Waals surface area contributed by atoms with Crippen molar-refractivity contribution in [2.75, 3.05) is 0 Å². The average Bonchev–Trinajstić information content (AvgIpc) is 3.74. The molecule has 4 aromatic heterocycles. The summed E-state index contributed by atoms with van der Waals surface area (Å²) in [6.07, 6.45) is 4.84. The second kappa shape index (κ2) is 10.9. The van der Waals surface area contributed by atoms with Gasteiger partial charge in [0.15, 0.2) is 12.0 Å². The van der Waals surface area contributed by atoms with Gasteiger partial charge in [-0.3, -0.25) is 0 Å². The summed E-state index contributed by atoms with van der Waals surface area (Å²) in [6, 6.07) is 18.3. The summed E-state index contributed by atoms with van der Waals surface area (Å²) in [4.78, 5) is 18.6. The number of carboxylic acid groups (broad SMARTS) is 1. The van der Waals surface area contributed by atoms with Crippen molar-refractivity contribution >= 4 is 28.9 Å². The molecule has 0 saturated heterocycles. The van der Waals surface area contributed by atoms with E-state index in [1.54, 1.807) is 24.3 Å². The van der Waals surface area contributed by atoms with Gasteiger partial charge in [0.2, 0.25) is 5.69 Å². The van der Waals surface area contributed by atoms with Crippen LogP contribution in [0.15, 0.2) is 84.8 Å². The third-order valence-electron chi connectivity index (χ3n) is 6.58. The summed E-state index contributed by atoms with van der Waals surface area (Å²) in [5, 5.41) is 36.1. The average molecular weight is 588 g/mol. The summed E-state index contributed by atoms with van der Waals surface area (Å²) in [7, 11) is 0. The molecular formula is C28H19ClFN7O3S. The van der Waals surface area contributed by atoms with E-state index in [4.69, 9.17) is 11.6 Å². The standard InChI is InChI=1S/C28H19ClFN7O3S/c29-18-7-9-23(36-15-32-34-35-36)19(11-18)17-6-8-24(37(40)13-17)20(10-16-4-2-1-3-5-16)27-31-12-22(33-27)21-14-41-26(25(21)30)28(38)39/h1-9,11-15,20H,10H2,(H,31,33)(H,38,39). The van der Waals surface area contributed by atoms with Crippen LogP contribution in [0.4, 0.5) is 4.39 Å². The van der Waals surface area contributed by atoms with Crippen molar-refractivity contribution in [3.8, 4) is 28.1 Å². The van der Waals surface area contributed by atoms with Gasteiger partial charge in [-0.25, -0.2) is 14.2 Å². The number of nitrogens with one attached hydrogen (secondary N) is 1. The second-order valence-corrected chi connectivity index (χ2v) is 10.4. The van der Waals surface area contributed by atoms with Crippen LogP contribution in [0, 0.1) is 11.0 Å². The number of imidazole rings is 1. The van der Waals surface area contributed by atoms with Crippen molar-refractivity contribution in [1.29, 1.82) is 0 Å². The van der Waals surface area contributed by atoms with Crippen molar-refractivity contribution in [3.05, 3.63) is 123 Å². The number of aromatic amines is 1. The van der Waals surface area contributed by atoms with Gasteiger partial charge in [0.25, 0.3) is 0 Å². The van der Waals surface area contributed by atoms with E-state index < -0.39 is 17.7 Å². The minimum Gasteiger partial charge on any atom is -0.618 e. The molecule has 0 aliphatic heterocycles. The number of rotatable bonds is 8. The lowest BCUT2D eigenvalue weighted by atomic mass is 9.94. The first kappa shape index (κ1) is 26.3. The lowest BCUT2D eigenvalue weighted by molar-refractivity contribution is -0.614. The lowest BCUT2D eigenvalue weighted by Crippen LogP contribution is -2.34. The zero-order valence-corrected chi connectivity index (χ0v) is 22.6. The zero-order valence-electron chi connectivity index (χ0n) is 21.0. The monoisotopic (exact) mass is 587 g/mol. The van der Waals surface area contributed by atoms with Crippen LogP contribution in [-0.2, 0) is 6.42 Å². The molecule has 1 atom stereocenters. The smallest absolute Gasteiger partial charge is 0.348 e. The number of carboxylic acids is 1. The number of thiophene rings is 1. The van der Waals surface area contributed by atoms with Crippen molar-refractivity contribution in [1.82, 2.24) is 30.2 Å². The van der Waals surface area contributed by atoms with E-state index in [2.05, 4.69) is 25.5 Å². The molecule has 0 saturated carbocycles. The van der Waals surface area contributed by atoms with Crippen LogP contribution in [0.3, 0.4) is 0 Å². The quantitative estimate of drug-likeness (QED) is 0.183. The summed E-state index contributed by atoms with van der Waals surface area (Å²) in [5.41, 5.74) is 3.59.